The van der Waals surface area contributed by atoms with Gasteiger partial charge in [-0.1, -0.05) is 35.5 Å². The predicted molar refractivity (Wildman–Crippen MR) is 76.9 cm³/mol. The van der Waals surface area contributed by atoms with E-state index in [1.165, 1.54) is 5.56 Å². The van der Waals surface area contributed by atoms with Crippen molar-refractivity contribution in [1.82, 2.24) is 20.8 Å². The molecule has 2 N–H and O–H groups in total. The van der Waals surface area contributed by atoms with E-state index < -0.39 is 12.1 Å². The number of imide groups is 1. The van der Waals surface area contributed by atoms with Gasteiger partial charge in [-0.2, -0.15) is 4.98 Å². The average Bonchev–Trinajstić information content (AvgIpc) is 3.07. The fourth-order valence-corrected chi connectivity index (χ4v) is 2.35. The van der Waals surface area contributed by atoms with E-state index in [-0.39, 0.29) is 12.3 Å². The van der Waals surface area contributed by atoms with Crippen molar-refractivity contribution in [2.75, 3.05) is 0 Å². The molecule has 0 aliphatic carbocycles. The van der Waals surface area contributed by atoms with Crippen LogP contribution in [0.1, 0.15) is 23.7 Å². The summed E-state index contributed by atoms with van der Waals surface area (Å²) < 4.78 is 5.12. The van der Waals surface area contributed by atoms with Gasteiger partial charge in [-0.3, -0.25) is 10.1 Å². The molecule has 0 radical (unpaired) electrons. The first kappa shape index (κ1) is 14.2. The van der Waals surface area contributed by atoms with E-state index in [0.717, 1.165) is 12.8 Å². The van der Waals surface area contributed by atoms with Crippen LogP contribution in [0, 0.1) is 0 Å². The summed E-state index contributed by atoms with van der Waals surface area (Å²) in [5, 5.41) is 8.57. The third kappa shape index (κ3) is 3.49. The van der Waals surface area contributed by atoms with Crippen LogP contribution in [-0.2, 0) is 24.1 Å². The Morgan fingerprint density at radius 3 is 2.68 bits per heavy atom. The molecule has 7 heteroatoms. The number of nitrogens with zero attached hydrogens (tertiary/aromatic N) is 2. The summed E-state index contributed by atoms with van der Waals surface area (Å²) in [5.74, 6) is 0.613. The van der Waals surface area contributed by atoms with E-state index in [2.05, 4.69) is 32.9 Å². The highest BCUT2D eigenvalue weighted by Gasteiger charge is 2.31. The van der Waals surface area contributed by atoms with Gasteiger partial charge in [-0.25, -0.2) is 4.79 Å². The Labute approximate surface area is 127 Å². The largest absolute Gasteiger partial charge is 0.339 e. The molecule has 22 heavy (non-hydrogen) atoms. The molecule has 0 saturated carbocycles. The summed E-state index contributed by atoms with van der Waals surface area (Å²) in [7, 11) is 0. The lowest BCUT2D eigenvalue weighted by Gasteiger charge is -2.01. The number of carbonyl (C=O) groups excluding carboxylic acids is 2. The molecule has 7 nitrogen and oxygen atoms in total. The number of hydrogen-bond acceptors (Lipinski definition) is 5. The van der Waals surface area contributed by atoms with Crippen molar-refractivity contribution in [3.63, 3.8) is 0 Å². The molecule has 1 fully saturated rings. The van der Waals surface area contributed by atoms with Gasteiger partial charge >= 0.3 is 6.03 Å². The molecule has 0 spiro atoms. The maximum absolute atomic E-state index is 11.4. The number of carbonyl (C=O) groups is 2. The molecule has 0 unspecified atom stereocenters. The van der Waals surface area contributed by atoms with Crippen LogP contribution in [0.15, 0.2) is 34.9 Å². The van der Waals surface area contributed by atoms with Crippen LogP contribution >= 0.6 is 0 Å². The van der Waals surface area contributed by atoms with E-state index in [4.69, 9.17) is 4.52 Å². The van der Waals surface area contributed by atoms with Crippen LogP contribution in [0.2, 0.25) is 0 Å². The number of aromatic nitrogens is 2. The lowest BCUT2D eigenvalue weighted by atomic mass is 10.1. The Bertz CT molecular complexity index is 668. The lowest BCUT2D eigenvalue weighted by Crippen LogP contribution is -2.31. The SMILES string of the molecule is O=C1NC(=O)[C@H](Cc2nc(CCCc3ccccc3)no2)N1. The first-order chi connectivity index (χ1) is 10.7. The van der Waals surface area contributed by atoms with Gasteiger partial charge in [0.15, 0.2) is 5.82 Å². The lowest BCUT2D eigenvalue weighted by molar-refractivity contribution is -0.120. The van der Waals surface area contributed by atoms with Gasteiger partial charge in [-0.15, -0.1) is 0 Å². The zero-order valence-corrected chi connectivity index (χ0v) is 11.9. The Morgan fingerprint density at radius 2 is 1.95 bits per heavy atom. The fourth-order valence-electron chi connectivity index (χ4n) is 2.35. The molecule has 1 atom stereocenters. The number of urea groups is 1. The first-order valence-corrected chi connectivity index (χ1v) is 7.17. The zero-order valence-electron chi connectivity index (χ0n) is 11.9. The zero-order chi connectivity index (χ0) is 15.4. The molecule has 3 rings (SSSR count). The minimum atomic E-state index is -0.634. The molecular formula is C15H16N4O3. The smallest absolute Gasteiger partial charge is 0.322 e. The molecule has 114 valence electrons. The highest BCUT2D eigenvalue weighted by molar-refractivity contribution is 6.04. The second-order valence-electron chi connectivity index (χ2n) is 5.16. The number of rotatable bonds is 6. The number of aryl methyl sites for hydroxylation is 2. The Morgan fingerprint density at radius 1 is 1.14 bits per heavy atom. The van der Waals surface area contributed by atoms with Crippen LogP contribution < -0.4 is 10.6 Å². The van der Waals surface area contributed by atoms with Crippen LogP contribution in [0.25, 0.3) is 0 Å². The molecular weight excluding hydrogens is 284 g/mol. The van der Waals surface area contributed by atoms with Crippen LogP contribution in [-0.4, -0.2) is 28.1 Å². The molecule has 1 saturated heterocycles. The highest BCUT2D eigenvalue weighted by Crippen LogP contribution is 2.08. The molecule has 1 aromatic carbocycles. The number of hydrogen-bond donors (Lipinski definition) is 2. The highest BCUT2D eigenvalue weighted by atomic mass is 16.5. The summed E-state index contributed by atoms with van der Waals surface area (Å²) in [5.41, 5.74) is 1.27. The second kappa shape index (κ2) is 6.38. The van der Waals surface area contributed by atoms with Crippen molar-refractivity contribution in [3.8, 4) is 0 Å². The third-order valence-corrected chi connectivity index (χ3v) is 3.46. The first-order valence-electron chi connectivity index (χ1n) is 7.17. The number of benzene rings is 1. The minimum absolute atomic E-state index is 0.212. The van der Waals surface area contributed by atoms with Crippen LogP contribution in [0.4, 0.5) is 4.79 Å². The summed E-state index contributed by atoms with van der Waals surface area (Å²) in [6, 6.07) is 9.08. The van der Waals surface area contributed by atoms with Crippen molar-refractivity contribution in [2.45, 2.75) is 31.7 Å². The predicted octanol–water partition coefficient (Wildman–Crippen LogP) is 0.995. The van der Waals surface area contributed by atoms with Gasteiger partial charge in [0, 0.05) is 6.42 Å². The number of nitrogens with one attached hydrogen (secondary N) is 2. The van der Waals surface area contributed by atoms with Crippen LogP contribution in [0.5, 0.6) is 0 Å². The summed E-state index contributed by atoms with van der Waals surface area (Å²) in [4.78, 5) is 26.7. The minimum Gasteiger partial charge on any atom is -0.339 e. The fraction of sp³-hybridized carbons (Fsp3) is 0.333. The quantitative estimate of drug-likeness (QED) is 0.776. The van der Waals surface area contributed by atoms with Gasteiger partial charge < -0.3 is 9.84 Å². The second-order valence-corrected chi connectivity index (χ2v) is 5.16. The normalized spacial score (nSPS) is 17.4. The summed E-state index contributed by atoms with van der Waals surface area (Å²) >= 11 is 0. The van der Waals surface area contributed by atoms with Crippen LogP contribution in [0.3, 0.4) is 0 Å². The number of amides is 3. The Balaban J connectivity index is 1.49. The molecule has 3 amide bonds. The van der Waals surface area contributed by atoms with Gasteiger partial charge in [0.2, 0.25) is 5.89 Å². The van der Waals surface area contributed by atoms with Crippen molar-refractivity contribution in [3.05, 3.63) is 47.6 Å². The molecule has 1 aliphatic rings. The van der Waals surface area contributed by atoms with E-state index in [0.29, 0.717) is 18.1 Å². The van der Waals surface area contributed by atoms with Crippen molar-refractivity contribution < 1.29 is 14.1 Å². The van der Waals surface area contributed by atoms with Gasteiger partial charge in [0.25, 0.3) is 5.91 Å². The van der Waals surface area contributed by atoms with E-state index >= 15 is 0 Å². The summed E-state index contributed by atoms with van der Waals surface area (Å²) in [6.45, 7) is 0. The Hall–Kier alpha value is -2.70. The van der Waals surface area contributed by atoms with Crippen molar-refractivity contribution >= 4 is 11.9 Å². The molecule has 0 bridgehead atoms. The molecule has 1 aromatic heterocycles. The van der Waals surface area contributed by atoms with Gasteiger partial charge in [0.05, 0.1) is 6.42 Å². The molecule has 2 aromatic rings. The summed E-state index contributed by atoms with van der Waals surface area (Å²) in [6.07, 6.45) is 2.79. The van der Waals surface area contributed by atoms with Crippen molar-refractivity contribution in [2.24, 2.45) is 0 Å². The van der Waals surface area contributed by atoms with E-state index in [9.17, 15) is 9.59 Å². The van der Waals surface area contributed by atoms with Crippen molar-refractivity contribution in [1.29, 1.82) is 0 Å². The maximum atomic E-state index is 11.4. The van der Waals surface area contributed by atoms with E-state index in [1.54, 1.807) is 0 Å². The molecule has 1 aliphatic heterocycles. The molecule has 2 heterocycles. The van der Waals surface area contributed by atoms with Gasteiger partial charge in [0.1, 0.15) is 6.04 Å². The average molecular weight is 300 g/mol. The topological polar surface area (TPSA) is 97.1 Å². The van der Waals surface area contributed by atoms with Gasteiger partial charge in [-0.05, 0) is 18.4 Å². The van der Waals surface area contributed by atoms with E-state index in [1.807, 2.05) is 18.2 Å². The monoisotopic (exact) mass is 300 g/mol. The standard InChI is InChI=1S/C15H16N4O3/c20-14-11(16-15(21)18-14)9-13-17-12(19-22-13)8-4-7-10-5-2-1-3-6-10/h1-3,5-6,11H,4,7-9H2,(H2,16,18,20,21)/t11-/m0/s1. The Kier molecular flexibility index (Phi) is 4.13. The third-order valence-electron chi connectivity index (χ3n) is 3.46. The maximum Gasteiger partial charge on any atom is 0.322 e.